The summed E-state index contributed by atoms with van der Waals surface area (Å²) >= 11 is 0. The molecule has 0 saturated heterocycles. The molecule has 1 aliphatic carbocycles. The third kappa shape index (κ3) is 8.43. The van der Waals surface area contributed by atoms with Crippen LogP contribution in [0.5, 0.6) is 28.7 Å². The summed E-state index contributed by atoms with van der Waals surface area (Å²) in [5.41, 5.74) is 0.772. The van der Waals surface area contributed by atoms with Crippen molar-refractivity contribution in [2.24, 2.45) is 0 Å². The van der Waals surface area contributed by atoms with Crippen LogP contribution in [-0.2, 0) is 26.2 Å². The quantitative estimate of drug-likeness (QED) is 0.240. The smallest absolute Gasteiger partial charge is 0.265 e. The van der Waals surface area contributed by atoms with Crippen molar-refractivity contribution in [3.63, 3.8) is 0 Å². The minimum atomic E-state index is -4.46. The highest BCUT2D eigenvalue weighted by Crippen LogP contribution is 2.38. The second-order valence-electron chi connectivity index (χ2n) is 11.5. The molecule has 13 heteroatoms. The summed E-state index contributed by atoms with van der Waals surface area (Å²) in [5.74, 6) is 0.715. The van der Waals surface area contributed by atoms with Gasteiger partial charge in [0.25, 0.3) is 10.0 Å². The number of carbonyl (C=O) groups is 2. The summed E-state index contributed by atoms with van der Waals surface area (Å²) in [6, 6.07) is 15.1. The molecule has 1 N–H and O–H groups in total. The summed E-state index contributed by atoms with van der Waals surface area (Å²) in [7, 11) is 2.79. The number of amides is 2. The Morgan fingerprint density at radius 3 is 2.08 bits per heavy atom. The van der Waals surface area contributed by atoms with Gasteiger partial charge in [-0.1, -0.05) is 31.4 Å². The SMILES string of the molecule is COc1cccc(CN(C(=O)CN(c2cc(OC)ccc2OC)S(=O)(=O)c2ccc(OC)c(OC)c2)C(C)C(=O)NC2CCCCC2)c1. The molecule has 0 bridgehead atoms. The van der Waals surface area contributed by atoms with E-state index in [4.69, 9.17) is 23.7 Å². The number of nitrogens with zero attached hydrogens (tertiary/aromatic N) is 2. The van der Waals surface area contributed by atoms with E-state index in [0.29, 0.717) is 22.8 Å². The van der Waals surface area contributed by atoms with E-state index < -0.39 is 28.5 Å². The van der Waals surface area contributed by atoms with Gasteiger partial charge in [0, 0.05) is 24.7 Å². The molecule has 0 aliphatic heterocycles. The molecule has 1 saturated carbocycles. The largest absolute Gasteiger partial charge is 0.497 e. The highest BCUT2D eigenvalue weighted by molar-refractivity contribution is 7.92. The van der Waals surface area contributed by atoms with Crippen molar-refractivity contribution in [2.75, 3.05) is 46.4 Å². The molecule has 1 unspecified atom stereocenters. The lowest BCUT2D eigenvalue weighted by Crippen LogP contribution is -2.53. The average Bonchev–Trinajstić information content (AvgIpc) is 3.12. The molecule has 0 radical (unpaired) electrons. The van der Waals surface area contributed by atoms with Crippen molar-refractivity contribution in [2.45, 2.75) is 62.6 Å². The molecule has 0 heterocycles. The highest BCUT2D eigenvalue weighted by Gasteiger charge is 2.35. The maximum Gasteiger partial charge on any atom is 0.265 e. The predicted octanol–water partition coefficient (Wildman–Crippen LogP) is 4.79. The standard InChI is InChI=1S/C35H45N3O9S/c1-24(35(40)36-26-12-8-7-9-13-26)37(22-25-11-10-14-27(19-25)43-2)34(39)23-38(30-20-28(44-3)15-17-31(30)45-4)48(41,42)29-16-18-32(46-5)33(21-29)47-6/h10-11,14-21,24,26H,7-9,12-13,22-23H2,1-6H3,(H,36,40). The topological polar surface area (TPSA) is 133 Å². The first-order valence-electron chi connectivity index (χ1n) is 15.8. The summed E-state index contributed by atoms with van der Waals surface area (Å²) in [4.78, 5) is 29.3. The summed E-state index contributed by atoms with van der Waals surface area (Å²) in [6.45, 7) is 1.01. The number of carbonyl (C=O) groups excluding carboxylic acids is 2. The number of nitrogens with one attached hydrogen (secondary N) is 1. The van der Waals surface area contributed by atoms with E-state index >= 15 is 0 Å². The van der Waals surface area contributed by atoms with Gasteiger partial charge in [-0.25, -0.2) is 8.42 Å². The van der Waals surface area contributed by atoms with Crippen molar-refractivity contribution >= 4 is 27.5 Å². The van der Waals surface area contributed by atoms with Crippen molar-refractivity contribution in [3.05, 3.63) is 66.2 Å². The Morgan fingerprint density at radius 1 is 0.792 bits per heavy atom. The Morgan fingerprint density at radius 2 is 1.44 bits per heavy atom. The molecule has 48 heavy (non-hydrogen) atoms. The van der Waals surface area contributed by atoms with Gasteiger partial charge in [0.2, 0.25) is 11.8 Å². The van der Waals surface area contributed by atoms with Crippen LogP contribution in [0.15, 0.2) is 65.6 Å². The van der Waals surface area contributed by atoms with Crippen molar-refractivity contribution in [3.8, 4) is 28.7 Å². The van der Waals surface area contributed by atoms with E-state index in [1.165, 1.54) is 57.6 Å². The number of hydrogen-bond acceptors (Lipinski definition) is 9. The van der Waals surface area contributed by atoms with Gasteiger partial charge in [0.1, 0.15) is 29.8 Å². The molecular weight excluding hydrogens is 638 g/mol. The minimum Gasteiger partial charge on any atom is -0.497 e. The van der Waals surface area contributed by atoms with Gasteiger partial charge in [-0.3, -0.25) is 13.9 Å². The summed E-state index contributed by atoms with van der Waals surface area (Å²) in [6.07, 6.45) is 4.92. The lowest BCUT2D eigenvalue weighted by Gasteiger charge is -2.33. The first-order chi connectivity index (χ1) is 23.1. The molecule has 0 spiro atoms. The maximum atomic E-state index is 14.5. The van der Waals surface area contributed by atoms with Crippen molar-refractivity contribution < 1.29 is 41.7 Å². The second kappa shape index (κ2) is 16.4. The van der Waals surface area contributed by atoms with Crippen molar-refractivity contribution in [1.82, 2.24) is 10.2 Å². The second-order valence-corrected chi connectivity index (χ2v) is 13.3. The molecule has 3 aromatic carbocycles. The van der Waals surface area contributed by atoms with Gasteiger partial charge in [0.05, 0.1) is 46.1 Å². The molecule has 1 fully saturated rings. The monoisotopic (exact) mass is 683 g/mol. The number of hydrogen-bond donors (Lipinski definition) is 1. The van der Waals surface area contributed by atoms with Crippen LogP contribution >= 0.6 is 0 Å². The van der Waals surface area contributed by atoms with Crippen LogP contribution in [0.3, 0.4) is 0 Å². The first-order valence-corrected chi connectivity index (χ1v) is 17.2. The number of benzene rings is 3. The number of methoxy groups -OCH3 is 5. The molecule has 260 valence electrons. The van der Waals surface area contributed by atoms with E-state index in [0.717, 1.165) is 36.4 Å². The fourth-order valence-corrected chi connectivity index (χ4v) is 7.16. The van der Waals surface area contributed by atoms with E-state index in [9.17, 15) is 18.0 Å². The van der Waals surface area contributed by atoms with E-state index in [2.05, 4.69) is 5.32 Å². The van der Waals surface area contributed by atoms with Crippen LogP contribution in [0.2, 0.25) is 0 Å². The Bertz CT molecular complexity index is 1680. The number of rotatable bonds is 15. The average molecular weight is 684 g/mol. The van der Waals surface area contributed by atoms with Crippen LogP contribution in [0.4, 0.5) is 5.69 Å². The van der Waals surface area contributed by atoms with E-state index in [1.54, 1.807) is 44.4 Å². The maximum absolute atomic E-state index is 14.5. The van der Waals surface area contributed by atoms with Gasteiger partial charge in [-0.15, -0.1) is 0 Å². The molecule has 2 amide bonds. The molecule has 0 aromatic heterocycles. The molecule has 1 atom stereocenters. The van der Waals surface area contributed by atoms with Crippen LogP contribution in [-0.4, -0.2) is 79.3 Å². The molecule has 1 aliphatic rings. The van der Waals surface area contributed by atoms with Crippen molar-refractivity contribution in [1.29, 1.82) is 0 Å². The zero-order valence-corrected chi connectivity index (χ0v) is 29.2. The third-order valence-electron chi connectivity index (χ3n) is 8.48. The van der Waals surface area contributed by atoms with Crippen LogP contribution in [0.1, 0.15) is 44.6 Å². The Labute approximate surface area is 282 Å². The highest BCUT2D eigenvalue weighted by atomic mass is 32.2. The van der Waals surface area contributed by atoms with Crippen LogP contribution in [0.25, 0.3) is 0 Å². The van der Waals surface area contributed by atoms with Gasteiger partial charge < -0.3 is 33.9 Å². The number of ether oxygens (including phenoxy) is 5. The minimum absolute atomic E-state index is 0.0189. The summed E-state index contributed by atoms with van der Waals surface area (Å²) < 4.78 is 57.0. The van der Waals surface area contributed by atoms with E-state index in [-0.39, 0.29) is 40.6 Å². The van der Waals surface area contributed by atoms with Crippen LogP contribution < -0.4 is 33.3 Å². The Balaban J connectivity index is 1.79. The Kier molecular flexibility index (Phi) is 12.4. The third-order valence-corrected chi connectivity index (χ3v) is 10.2. The molecular formula is C35H45N3O9S. The first kappa shape index (κ1) is 36.2. The number of anilines is 1. The zero-order valence-electron chi connectivity index (χ0n) is 28.4. The lowest BCUT2D eigenvalue weighted by molar-refractivity contribution is -0.139. The van der Waals surface area contributed by atoms with Crippen LogP contribution in [0, 0.1) is 0 Å². The summed E-state index contributed by atoms with van der Waals surface area (Å²) in [5, 5.41) is 3.11. The lowest BCUT2D eigenvalue weighted by atomic mass is 9.95. The predicted molar refractivity (Wildman–Crippen MR) is 182 cm³/mol. The molecule has 12 nitrogen and oxygen atoms in total. The fourth-order valence-electron chi connectivity index (χ4n) is 5.73. The Hall–Kier alpha value is -4.65. The molecule has 4 rings (SSSR count). The molecule has 3 aromatic rings. The van der Waals surface area contributed by atoms with E-state index in [1.807, 2.05) is 6.07 Å². The number of sulfonamides is 1. The zero-order chi connectivity index (χ0) is 34.8. The van der Waals surface area contributed by atoms with Gasteiger partial charge in [0.15, 0.2) is 11.5 Å². The fraction of sp³-hybridized carbons (Fsp3) is 0.429. The van der Waals surface area contributed by atoms with Gasteiger partial charge >= 0.3 is 0 Å². The van der Waals surface area contributed by atoms with Gasteiger partial charge in [-0.2, -0.15) is 0 Å². The normalized spacial score (nSPS) is 14.0. The van der Waals surface area contributed by atoms with Gasteiger partial charge in [-0.05, 0) is 61.7 Å².